The molecule has 1 aromatic rings. The summed E-state index contributed by atoms with van der Waals surface area (Å²) < 4.78 is 26.3. The molecule has 20 heavy (non-hydrogen) atoms. The quantitative estimate of drug-likeness (QED) is 0.859. The zero-order chi connectivity index (χ0) is 14.4. The van der Waals surface area contributed by atoms with Crippen LogP contribution in [0.3, 0.4) is 0 Å². The zero-order valence-corrected chi connectivity index (χ0v) is 11.4. The molecular weight excluding hydrogens is 264 g/mol. The van der Waals surface area contributed by atoms with Gasteiger partial charge >= 0.3 is 0 Å². The molecule has 1 saturated heterocycles. The van der Waals surface area contributed by atoms with Crippen molar-refractivity contribution in [2.75, 3.05) is 26.2 Å². The molecule has 2 heterocycles. The number of hydrogen-bond donors (Lipinski definition) is 1. The summed E-state index contributed by atoms with van der Waals surface area (Å²) in [5.41, 5.74) is -0.298. The normalized spacial score (nSPS) is 16.7. The van der Waals surface area contributed by atoms with Crippen molar-refractivity contribution >= 4 is 5.91 Å². The second-order valence-corrected chi connectivity index (χ2v) is 4.98. The largest absolute Gasteiger partial charge is 0.351 e. The van der Waals surface area contributed by atoms with E-state index in [0.29, 0.717) is 6.54 Å². The Labute approximate surface area is 117 Å². The highest BCUT2D eigenvalue weighted by atomic mass is 19.2. The van der Waals surface area contributed by atoms with Crippen LogP contribution in [0.5, 0.6) is 0 Å². The molecule has 4 nitrogen and oxygen atoms in total. The predicted octanol–water partition coefficient (Wildman–Crippen LogP) is 1.97. The number of carbonyl (C=O) groups excluding carboxylic acids is 1. The van der Waals surface area contributed by atoms with Gasteiger partial charge in [0.05, 0.1) is 5.56 Å². The van der Waals surface area contributed by atoms with Crippen LogP contribution in [-0.4, -0.2) is 42.0 Å². The van der Waals surface area contributed by atoms with Crippen molar-refractivity contribution in [2.45, 2.75) is 25.7 Å². The fourth-order valence-corrected chi connectivity index (χ4v) is 2.38. The fraction of sp³-hybridized carbons (Fsp3) is 0.571. The Morgan fingerprint density at radius 1 is 1.25 bits per heavy atom. The molecule has 1 amide bonds. The van der Waals surface area contributed by atoms with Gasteiger partial charge in [-0.3, -0.25) is 4.79 Å². The third-order valence-corrected chi connectivity index (χ3v) is 3.50. The average molecular weight is 283 g/mol. The minimum absolute atomic E-state index is 0.298. The van der Waals surface area contributed by atoms with E-state index >= 15 is 0 Å². The van der Waals surface area contributed by atoms with E-state index in [2.05, 4.69) is 15.2 Å². The maximum Gasteiger partial charge on any atom is 0.254 e. The molecule has 1 N–H and O–H groups in total. The first-order valence-electron chi connectivity index (χ1n) is 6.99. The summed E-state index contributed by atoms with van der Waals surface area (Å²) in [5.74, 6) is -3.04. The third kappa shape index (κ3) is 3.96. The monoisotopic (exact) mass is 283 g/mol. The molecule has 1 aromatic heterocycles. The molecule has 0 spiro atoms. The Morgan fingerprint density at radius 3 is 2.65 bits per heavy atom. The number of hydrogen-bond acceptors (Lipinski definition) is 3. The van der Waals surface area contributed by atoms with Crippen LogP contribution >= 0.6 is 0 Å². The van der Waals surface area contributed by atoms with Gasteiger partial charge < -0.3 is 10.2 Å². The smallest absolute Gasteiger partial charge is 0.254 e. The molecule has 1 aliphatic rings. The summed E-state index contributed by atoms with van der Waals surface area (Å²) in [6.07, 6.45) is 5.95. The molecule has 0 saturated carbocycles. The summed E-state index contributed by atoms with van der Waals surface area (Å²) in [7, 11) is 0. The van der Waals surface area contributed by atoms with Crippen molar-refractivity contribution in [1.29, 1.82) is 0 Å². The standard InChI is InChI=1S/C14H19F2N3O/c15-12-11(5-6-17-13(12)16)14(20)18-7-10-19-8-3-1-2-4-9-19/h5-6H,1-4,7-10H2,(H,18,20). The highest BCUT2D eigenvalue weighted by Crippen LogP contribution is 2.10. The number of aromatic nitrogens is 1. The molecule has 6 heteroatoms. The van der Waals surface area contributed by atoms with E-state index < -0.39 is 17.7 Å². The molecular formula is C14H19F2N3O. The molecule has 0 aromatic carbocycles. The van der Waals surface area contributed by atoms with E-state index in [-0.39, 0.29) is 5.56 Å². The van der Waals surface area contributed by atoms with Gasteiger partial charge in [0.25, 0.3) is 5.91 Å². The minimum atomic E-state index is -1.25. The number of nitrogens with one attached hydrogen (secondary N) is 1. The van der Waals surface area contributed by atoms with Gasteiger partial charge in [0.2, 0.25) is 5.95 Å². The molecule has 0 radical (unpaired) electrons. The lowest BCUT2D eigenvalue weighted by Gasteiger charge is -2.19. The van der Waals surface area contributed by atoms with Crippen molar-refractivity contribution < 1.29 is 13.6 Å². The minimum Gasteiger partial charge on any atom is -0.351 e. The molecule has 0 unspecified atom stereocenters. The molecule has 0 bridgehead atoms. The van der Waals surface area contributed by atoms with Crippen LogP contribution in [-0.2, 0) is 0 Å². The summed E-state index contributed by atoms with van der Waals surface area (Å²) in [6.45, 7) is 3.24. The van der Waals surface area contributed by atoms with E-state index in [0.717, 1.165) is 25.8 Å². The predicted molar refractivity (Wildman–Crippen MR) is 71.4 cm³/mol. The number of rotatable bonds is 4. The van der Waals surface area contributed by atoms with Gasteiger partial charge in [0.1, 0.15) is 0 Å². The van der Waals surface area contributed by atoms with Crippen LogP contribution in [0.15, 0.2) is 12.3 Å². The number of nitrogens with zero attached hydrogens (tertiary/aromatic N) is 2. The Morgan fingerprint density at radius 2 is 1.95 bits per heavy atom. The second kappa shape index (κ2) is 7.28. The molecule has 0 atom stereocenters. The van der Waals surface area contributed by atoms with E-state index in [1.807, 2.05) is 0 Å². The van der Waals surface area contributed by atoms with Crippen LogP contribution in [0.4, 0.5) is 8.78 Å². The van der Waals surface area contributed by atoms with Crippen molar-refractivity contribution in [3.05, 3.63) is 29.6 Å². The summed E-state index contributed by atoms with van der Waals surface area (Å²) >= 11 is 0. The number of halogens is 2. The van der Waals surface area contributed by atoms with Gasteiger partial charge in [-0.05, 0) is 32.0 Å². The van der Waals surface area contributed by atoms with Crippen LogP contribution in [0, 0.1) is 11.8 Å². The molecule has 2 rings (SSSR count). The van der Waals surface area contributed by atoms with Crippen molar-refractivity contribution in [1.82, 2.24) is 15.2 Å². The average Bonchev–Trinajstić information content (AvgIpc) is 2.70. The highest BCUT2D eigenvalue weighted by molar-refractivity contribution is 5.94. The summed E-state index contributed by atoms with van der Waals surface area (Å²) in [4.78, 5) is 17.2. The Hall–Kier alpha value is -1.56. The molecule has 1 fully saturated rings. The zero-order valence-electron chi connectivity index (χ0n) is 11.4. The highest BCUT2D eigenvalue weighted by Gasteiger charge is 2.16. The van der Waals surface area contributed by atoms with Gasteiger partial charge in [0, 0.05) is 19.3 Å². The van der Waals surface area contributed by atoms with Crippen LogP contribution in [0.2, 0.25) is 0 Å². The van der Waals surface area contributed by atoms with E-state index in [1.165, 1.54) is 31.7 Å². The van der Waals surface area contributed by atoms with E-state index in [4.69, 9.17) is 0 Å². The molecule has 1 aliphatic heterocycles. The molecule has 0 aliphatic carbocycles. The van der Waals surface area contributed by atoms with Crippen LogP contribution < -0.4 is 5.32 Å². The molecule has 110 valence electrons. The maximum absolute atomic E-state index is 13.4. The van der Waals surface area contributed by atoms with Crippen LogP contribution in [0.1, 0.15) is 36.0 Å². The van der Waals surface area contributed by atoms with Crippen molar-refractivity contribution in [3.63, 3.8) is 0 Å². The van der Waals surface area contributed by atoms with Gasteiger partial charge in [-0.1, -0.05) is 12.8 Å². The first-order chi connectivity index (χ1) is 9.68. The first kappa shape index (κ1) is 14.8. The maximum atomic E-state index is 13.4. The Balaban J connectivity index is 1.81. The van der Waals surface area contributed by atoms with Gasteiger partial charge in [-0.25, -0.2) is 9.37 Å². The topological polar surface area (TPSA) is 45.2 Å². The Bertz CT molecular complexity index is 460. The van der Waals surface area contributed by atoms with Gasteiger partial charge in [-0.15, -0.1) is 0 Å². The van der Waals surface area contributed by atoms with E-state index in [1.54, 1.807) is 0 Å². The lowest BCUT2D eigenvalue weighted by molar-refractivity contribution is 0.0943. The third-order valence-electron chi connectivity index (χ3n) is 3.50. The number of amides is 1. The fourth-order valence-electron chi connectivity index (χ4n) is 2.38. The summed E-state index contributed by atoms with van der Waals surface area (Å²) in [6, 6.07) is 1.18. The Kier molecular flexibility index (Phi) is 5.40. The van der Waals surface area contributed by atoms with E-state index in [9.17, 15) is 13.6 Å². The number of carbonyl (C=O) groups is 1. The lowest BCUT2D eigenvalue weighted by atomic mass is 10.2. The number of pyridine rings is 1. The van der Waals surface area contributed by atoms with Gasteiger partial charge in [-0.2, -0.15) is 4.39 Å². The van der Waals surface area contributed by atoms with Crippen molar-refractivity contribution in [3.8, 4) is 0 Å². The van der Waals surface area contributed by atoms with Crippen molar-refractivity contribution in [2.24, 2.45) is 0 Å². The van der Waals surface area contributed by atoms with Crippen LogP contribution in [0.25, 0.3) is 0 Å². The lowest BCUT2D eigenvalue weighted by Crippen LogP contribution is -2.35. The number of likely N-dealkylation sites (tertiary alicyclic amines) is 1. The second-order valence-electron chi connectivity index (χ2n) is 4.98. The van der Waals surface area contributed by atoms with Gasteiger partial charge in [0.15, 0.2) is 5.82 Å². The summed E-state index contributed by atoms with van der Waals surface area (Å²) in [5, 5.41) is 2.62. The SMILES string of the molecule is O=C(NCCN1CCCCCC1)c1ccnc(F)c1F. The first-order valence-corrected chi connectivity index (χ1v) is 6.99.